The van der Waals surface area contributed by atoms with Crippen LogP contribution in [0.25, 0.3) is 11.1 Å². The van der Waals surface area contributed by atoms with Crippen molar-refractivity contribution in [1.82, 2.24) is 4.98 Å². The van der Waals surface area contributed by atoms with Crippen molar-refractivity contribution in [2.24, 2.45) is 5.92 Å². The normalized spacial score (nSPS) is 18.3. The summed E-state index contributed by atoms with van der Waals surface area (Å²) in [5.41, 5.74) is 2.41. The monoisotopic (exact) mass is 434 g/mol. The van der Waals surface area contributed by atoms with Gasteiger partial charge in [-0.3, -0.25) is 0 Å². The van der Waals surface area contributed by atoms with Crippen molar-refractivity contribution in [3.8, 4) is 29.0 Å². The Balaban J connectivity index is 1.54. The summed E-state index contributed by atoms with van der Waals surface area (Å²) in [5, 5.41) is 20.8. The largest absolute Gasteiger partial charge is 0.486 e. The highest BCUT2D eigenvalue weighted by atomic mass is 32.2. The molecule has 2 aromatic rings. The van der Waals surface area contributed by atoms with E-state index in [0.717, 1.165) is 49.8 Å². The van der Waals surface area contributed by atoms with Gasteiger partial charge in [-0.25, -0.2) is 4.98 Å². The van der Waals surface area contributed by atoms with Gasteiger partial charge in [0, 0.05) is 30.3 Å². The fraction of sp³-hybridized carbons (Fsp3) is 0.435. The van der Waals surface area contributed by atoms with Crippen LogP contribution in [-0.4, -0.2) is 56.4 Å². The minimum absolute atomic E-state index is 0.0904. The van der Waals surface area contributed by atoms with Gasteiger partial charge in [0.15, 0.2) is 0 Å². The maximum Gasteiger partial charge on any atom is 0.148 e. The molecule has 0 atom stereocenters. The average molecular weight is 435 g/mol. The summed E-state index contributed by atoms with van der Waals surface area (Å²) in [6.45, 7) is 4.48. The third-order valence-corrected chi connectivity index (χ3v) is 6.95. The van der Waals surface area contributed by atoms with Crippen molar-refractivity contribution in [2.75, 3.05) is 50.2 Å². The highest BCUT2D eigenvalue weighted by Gasteiger charge is 2.28. The lowest BCUT2D eigenvalue weighted by molar-refractivity contribution is -0.0796. The summed E-state index contributed by atoms with van der Waals surface area (Å²) < 4.78 is 16.3. The first kappa shape index (κ1) is 20.1. The van der Waals surface area contributed by atoms with Crippen molar-refractivity contribution >= 4 is 17.6 Å². The Hall–Kier alpha value is -2.78. The molecule has 3 aliphatic heterocycles. The number of anilines is 1. The van der Waals surface area contributed by atoms with E-state index in [0.29, 0.717) is 46.7 Å². The molecule has 1 aromatic carbocycles. The van der Waals surface area contributed by atoms with Crippen molar-refractivity contribution in [3.63, 3.8) is 0 Å². The van der Waals surface area contributed by atoms with E-state index < -0.39 is 0 Å². The van der Waals surface area contributed by atoms with Crippen molar-refractivity contribution in [1.29, 1.82) is 10.5 Å². The molecule has 0 amide bonds. The first-order valence-electron chi connectivity index (χ1n) is 10.5. The third kappa shape index (κ3) is 3.95. The lowest BCUT2D eigenvalue weighted by atomic mass is 9.96. The molecule has 0 aliphatic carbocycles. The molecule has 7 nitrogen and oxygen atoms in total. The molecule has 0 unspecified atom stereocenters. The minimum Gasteiger partial charge on any atom is -0.486 e. The van der Waals surface area contributed by atoms with Gasteiger partial charge in [0.1, 0.15) is 40.4 Å². The molecule has 0 radical (unpaired) electrons. The zero-order chi connectivity index (χ0) is 21.2. The fourth-order valence-corrected chi connectivity index (χ4v) is 4.69. The molecule has 1 aromatic heterocycles. The van der Waals surface area contributed by atoms with Gasteiger partial charge in [0.05, 0.1) is 32.0 Å². The molecule has 0 N–H and O–H groups in total. The van der Waals surface area contributed by atoms with Crippen LogP contribution in [-0.2, 0) is 9.47 Å². The Labute approximate surface area is 185 Å². The van der Waals surface area contributed by atoms with E-state index in [1.807, 2.05) is 24.3 Å². The Morgan fingerprint density at radius 1 is 1.03 bits per heavy atom. The van der Waals surface area contributed by atoms with Crippen LogP contribution in [0.1, 0.15) is 17.5 Å². The van der Waals surface area contributed by atoms with Gasteiger partial charge < -0.3 is 19.1 Å². The molecule has 3 aliphatic rings. The molecule has 158 valence electrons. The number of aromatic nitrogens is 1. The van der Waals surface area contributed by atoms with E-state index in [4.69, 9.17) is 19.2 Å². The predicted molar refractivity (Wildman–Crippen MR) is 116 cm³/mol. The number of benzene rings is 1. The molecule has 3 fully saturated rings. The molecule has 0 bridgehead atoms. The molecule has 3 saturated heterocycles. The number of nitrogens with zero attached hydrogens (tertiary/aromatic N) is 4. The average Bonchev–Trinajstić information content (AvgIpc) is 2.68. The molecule has 0 spiro atoms. The van der Waals surface area contributed by atoms with Gasteiger partial charge in [0.2, 0.25) is 0 Å². The van der Waals surface area contributed by atoms with Gasteiger partial charge in [-0.1, -0.05) is 12.1 Å². The van der Waals surface area contributed by atoms with Gasteiger partial charge in [-0.15, -0.1) is 11.8 Å². The molecule has 31 heavy (non-hydrogen) atoms. The Bertz CT molecular complexity index is 1050. The molecule has 4 heterocycles. The van der Waals surface area contributed by atoms with Crippen LogP contribution in [0.3, 0.4) is 0 Å². The Kier molecular flexibility index (Phi) is 5.69. The highest BCUT2D eigenvalue weighted by Crippen LogP contribution is 2.40. The zero-order valence-electron chi connectivity index (χ0n) is 17.0. The number of ether oxygens (including phenoxy) is 3. The van der Waals surface area contributed by atoms with Crippen LogP contribution in [0.15, 0.2) is 29.3 Å². The summed E-state index contributed by atoms with van der Waals surface area (Å²) in [6.07, 6.45) is 1.17. The minimum atomic E-state index is 0.0904. The molecule has 5 rings (SSSR count). The van der Waals surface area contributed by atoms with Gasteiger partial charge in [0.25, 0.3) is 0 Å². The topological polar surface area (TPSA) is 91.4 Å². The van der Waals surface area contributed by atoms with Crippen molar-refractivity contribution in [2.45, 2.75) is 17.6 Å². The SMILES string of the molecule is N#Cc1c(SCC2COC2)nc(N2CCC2)c(C#N)c1-c1ccc(OC2COC2)cc1. The van der Waals surface area contributed by atoms with E-state index in [1.54, 1.807) is 11.8 Å². The lowest BCUT2D eigenvalue weighted by Gasteiger charge is -2.34. The van der Waals surface area contributed by atoms with E-state index in [9.17, 15) is 10.5 Å². The van der Waals surface area contributed by atoms with E-state index >= 15 is 0 Å². The zero-order valence-corrected chi connectivity index (χ0v) is 17.9. The maximum absolute atomic E-state index is 10.0. The molecular formula is C23H22N4O3S. The summed E-state index contributed by atoms with van der Waals surface area (Å²) >= 11 is 1.58. The fourth-order valence-electron chi connectivity index (χ4n) is 3.66. The summed E-state index contributed by atoms with van der Waals surface area (Å²) in [4.78, 5) is 6.91. The molecular weight excluding hydrogens is 412 g/mol. The second-order valence-electron chi connectivity index (χ2n) is 7.95. The summed E-state index contributed by atoms with van der Waals surface area (Å²) in [7, 11) is 0. The molecule has 0 saturated carbocycles. The van der Waals surface area contributed by atoms with E-state index in [2.05, 4.69) is 17.0 Å². The van der Waals surface area contributed by atoms with Crippen LogP contribution in [0.2, 0.25) is 0 Å². The third-order valence-electron chi connectivity index (χ3n) is 5.74. The second-order valence-corrected chi connectivity index (χ2v) is 8.95. The van der Waals surface area contributed by atoms with Crippen molar-refractivity contribution < 1.29 is 14.2 Å². The predicted octanol–water partition coefficient (Wildman–Crippen LogP) is 3.22. The van der Waals surface area contributed by atoms with Crippen LogP contribution in [0.4, 0.5) is 5.82 Å². The number of hydrogen-bond donors (Lipinski definition) is 0. The second kappa shape index (κ2) is 8.76. The lowest BCUT2D eigenvalue weighted by Crippen LogP contribution is -2.38. The first-order valence-corrected chi connectivity index (χ1v) is 11.4. The quantitative estimate of drug-likeness (QED) is 0.614. The first-order chi connectivity index (χ1) is 15.3. The van der Waals surface area contributed by atoms with Crippen LogP contribution >= 0.6 is 11.8 Å². The maximum atomic E-state index is 10.0. The van der Waals surface area contributed by atoms with Crippen molar-refractivity contribution in [3.05, 3.63) is 35.4 Å². The standard InChI is InChI=1S/C23H22N4O3S/c24-8-19-21(16-2-4-17(5-3-16)30-18-12-29-13-18)20(9-25)23(31-14-15-10-28-11-15)26-22(19)27-6-1-7-27/h2-5,15,18H,1,6-7,10-14H2. The number of pyridine rings is 1. The van der Waals surface area contributed by atoms with Crippen LogP contribution < -0.4 is 9.64 Å². The number of rotatable bonds is 7. The molecule has 8 heteroatoms. The summed E-state index contributed by atoms with van der Waals surface area (Å²) in [6, 6.07) is 12.3. The Morgan fingerprint density at radius 3 is 2.26 bits per heavy atom. The van der Waals surface area contributed by atoms with Crippen LogP contribution in [0, 0.1) is 28.6 Å². The Morgan fingerprint density at radius 2 is 1.74 bits per heavy atom. The van der Waals surface area contributed by atoms with Gasteiger partial charge in [-0.2, -0.15) is 10.5 Å². The number of thioether (sulfide) groups is 1. The number of nitriles is 2. The summed E-state index contributed by atoms with van der Waals surface area (Å²) in [5.74, 6) is 2.77. The number of hydrogen-bond acceptors (Lipinski definition) is 8. The van der Waals surface area contributed by atoms with Gasteiger partial charge >= 0.3 is 0 Å². The smallest absolute Gasteiger partial charge is 0.148 e. The van der Waals surface area contributed by atoms with Gasteiger partial charge in [-0.05, 0) is 24.1 Å². The van der Waals surface area contributed by atoms with E-state index in [1.165, 1.54) is 0 Å². The highest BCUT2D eigenvalue weighted by molar-refractivity contribution is 7.99. The van der Waals surface area contributed by atoms with E-state index in [-0.39, 0.29) is 6.10 Å². The van der Waals surface area contributed by atoms with Crippen LogP contribution in [0.5, 0.6) is 5.75 Å².